The van der Waals surface area contributed by atoms with Gasteiger partial charge in [-0.3, -0.25) is 9.69 Å². The summed E-state index contributed by atoms with van der Waals surface area (Å²) in [4.78, 5) is 32.3. The lowest BCUT2D eigenvalue weighted by Crippen LogP contribution is -2.49. The molecule has 1 aliphatic rings. The van der Waals surface area contributed by atoms with Gasteiger partial charge in [-0.25, -0.2) is 15.0 Å². The maximum Gasteiger partial charge on any atom is 0.273 e. The van der Waals surface area contributed by atoms with Crippen LogP contribution in [0, 0.1) is 6.92 Å². The van der Waals surface area contributed by atoms with Crippen LogP contribution in [0.1, 0.15) is 35.9 Å². The average molecular weight is 386 g/mol. The summed E-state index contributed by atoms with van der Waals surface area (Å²) in [6.45, 7) is 12.4. The summed E-state index contributed by atoms with van der Waals surface area (Å²) in [5.41, 5.74) is 1.54. The van der Waals surface area contributed by atoms with Gasteiger partial charge in [-0.1, -0.05) is 6.92 Å². The van der Waals surface area contributed by atoms with E-state index in [2.05, 4.69) is 37.7 Å². The van der Waals surface area contributed by atoms with E-state index < -0.39 is 0 Å². The lowest BCUT2D eigenvalue weighted by atomic mass is 10.3. The quantitative estimate of drug-likeness (QED) is 0.719. The van der Waals surface area contributed by atoms with Gasteiger partial charge in [-0.2, -0.15) is 0 Å². The molecule has 3 rings (SSSR count). The van der Waals surface area contributed by atoms with Gasteiger partial charge in [0.1, 0.15) is 17.3 Å². The number of likely N-dealkylation sites (N-methyl/N-ethyl adjacent to an activating group) is 1. The van der Waals surface area contributed by atoms with Crippen LogP contribution in [0.5, 0.6) is 0 Å². The average Bonchev–Trinajstić information content (AvgIpc) is 3.20. The summed E-state index contributed by atoms with van der Waals surface area (Å²) < 4.78 is 1.92. The number of hydrogen-bond acceptors (Lipinski definition) is 6. The van der Waals surface area contributed by atoms with Crippen LogP contribution in [0.25, 0.3) is 0 Å². The van der Waals surface area contributed by atoms with Crippen LogP contribution in [0.3, 0.4) is 0 Å². The maximum absolute atomic E-state index is 12.5. The number of carbonyl (C=O) groups is 1. The topological polar surface area (TPSA) is 70.4 Å². The van der Waals surface area contributed by atoms with Crippen molar-refractivity contribution < 1.29 is 4.79 Å². The Bertz CT molecular complexity index is 796. The van der Waals surface area contributed by atoms with E-state index in [0.29, 0.717) is 12.2 Å². The van der Waals surface area contributed by atoms with Gasteiger partial charge in [0, 0.05) is 77.2 Å². The molecule has 0 saturated carbocycles. The summed E-state index contributed by atoms with van der Waals surface area (Å²) in [6.07, 6.45) is 4.37. The van der Waals surface area contributed by atoms with E-state index in [1.54, 1.807) is 11.2 Å². The molecule has 152 valence electrons. The Morgan fingerprint density at radius 2 is 1.93 bits per heavy atom. The zero-order valence-corrected chi connectivity index (χ0v) is 17.4. The zero-order valence-electron chi connectivity index (χ0n) is 17.4. The van der Waals surface area contributed by atoms with Crippen molar-refractivity contribution in [3.63, 3.8) is 0 Å². The van der Waals surface area contributed by atoms with Crippen LogP contribution in [0.4, 0.5) is 5.82 Å². The first-order chi connectivity index (χ1) is 13.5. The fourth-order valence-corrected chi connectivity index (χ4v) is 3.36. The first kappa shape index (κ1) is 20.3. The molecule has 0 atom stereocenters. The Morgan fingerprint density at radius 1 is 1.18 bits per heavy atom. The molecule has 0 N–H and O–H groups in total. The van der Waals surface area contributed by atoms with Gasteiger partial charge in [-0.15, -0.1) is 0 Å². The highest BCUT2D eigenvalue weighted by Gasteiger charge is 2.20. The molecule has 0 spiro atoms. The highest BCUT2D eigenvalue weighted by Crippen LogP contribution is 2.15. The van der Waals surface area contributed by atoms with Crippen molar-refractivity contribution in [1.82, 2.24) is 29.3 Å². The fraction of sp³-hybridized carbons (Fsp3) is 0.600. The minimum atomic E-state index is -0.0191. The van der Waals surface area contributed by atoms with Crippen LogP contribution >= 0.6 is 0 Å². The molecule has 2 aromatic heterocycles. The Balaban J connectivity index is 1.48. The van der Waals surface area contributed by atoms with Gasteiger partial charge >= 0.3 is 0 Å². The van der Waals surface area contributed by atoms with E-state index in [-0.39, 0.29) is 5.91 Å². The van der Waals surface area contributed by atoms with Crippen molar-refractivity contribution in [3.05, 3.63) is 35.8 Å². The molecule has 3 heterocycles. The number of nitrogens with zero attached hydrogens (tertiary/aromatic N) is 7. The molecule has 1 fully saturated rings. The van der Waals surface area contributed by atoms with Gasteiger partial charge in [0.15, 0.2) is 0 Å². The molecular formula is C20H31N7O. The molecule has 0 bridgehead atoms. The van der Waals surface area contributed by atoms with E-state index in [4.69, 9.17) is 0 Å². The van der Waals surface area contributed by atoms with Crippen LogP contribution in [-0.2, 0) is 13.0 Å². The second kappa shape index (κ2) is 9.14. The molecule has 1 aliphatic heterocycles. The van der Waals surface area contributed by atoms with Crippen LogP contribution in [0.15, 0.2) is 18.6 Å². The van der Waals surface area contributed by atoms with E-state index in [1.807, 2.05) is 31.7 Å². The van der Waals surface area contributed by atoms with Gasteiger partial charge in [0.25, 0.3) is 5.91 Å². The monoisotopic (exact) mass is 385 g/mol. The molecule has 1 amide bonds. The van der Waals surface area contributed by atoms with E-state index in [0.717, 1.165) is 63.0 Å². The van der Waals surface area contributed by atoms with Gasteiger partial charge in [0.2, 0.25) is 0 Å². The smallest absolute Gasteiger partial charge is 0.273 e. The molecule has 28 heavy (non-hydrogen) atoms. The number of piperazine rings is 1. The number of aromatic nitrogens is 4. The summed E-state index contributed by atoms with van der Waals surface area (Å²) in [5.74, 6) is 1.92. The van der Waals surface area contributed by atoms with Crippen molar-refractivity contribution in [3.8, 4) is 0 Å². The van der Waals surface area contributed by atoms with Crippen molar-refractivity contribution in [2.75, 3.05) is 51.2 Å². The summed E-state index contributed by atoms with van der Waals surface area (Å²) in [5, 5.41) is 0. The molecule has 2 aromatic rings. The minimum Gasteiger partial charge on any atom is -0.354 e. The zero-order chi connectivity index (χ0) is 20.1. The first-order valence-electron chi connectivity index (χ1n) is 10.1. The first-order valence-corrected chi connectivity index (χ1v) is 10.1. The number of anilines is 1. The lowest BCUT2D eigenvalue weighted by Gasteiger charge is -2.36. The van der Waals surface area contributed by atoms with Crippen molar-refractivity contribution in [2.24, 2.45) is 0 Å². The predicted molar refractivity (Wildman–Crippen MR) is 110 cm³/mol. The predicted octanol–water partition coefficient (Wildman–Crippen LogP) is 1.46. The third-order valence-electron chi connectivity index (χ3n) is 5.22. The molecular weight excluding hydrogens is 354 g/mol. The number of hydrogen-bond donors (Lipinski definition) is 0. The second-order valence-corrected chi connectivity index (χ2v) is 7.28. The maximum atomic E-state index is 12.5. The standard InChI is InChI=1S/C20H31N7O/c1-5-18-22-16(3)13-19(23-18)27-11-9-26(10-12-27)8-7-24(4)20(28)17-14-25(6-2)15-21-17/h13-15H,5-12H2,1-4H3. The Kier molecular flexibility index (Phi) is 6.61. The number of aryl methyl sites for hydroxylation is 3. The Labute approximate surface area is 167 Å². The highest BCUT2D eigenvalue weighted by atomic mass is 16.2. The molecule has 0 aliphatic carbocycles. The van der Waals surface area contributed by atoms with Crippen molar-refractivity contribution in [1.29, 1.82) is 0 Å². The van der Waals surface area contributed by atoms with Gasteiger partial charge < -0.3 is 14.4 Å². The molecule has 8 nitrogen and oxygen atoms in total. The SMILES string of the molecule is CCc1nc(C)cc(N2CCN(CCN(C)C(=O)c3cn(CC)cn3)CC2)n1. The largest absolute Gasteiger partial charge is 0.354 e. The highest BCUT2D eigenvalue weighted by molar-refractivity contribution is 5.91. The van der Waals surface area contributed by atoms with Crippen LogP contribution < -0.4 is 4.90 Å². The minimum absolute atomic E-state index is 0.0191. The van der Waals surface area contributed by atoms with Gasteiger partial charge in [-0.05, 0) is 13.8 Å². The molecule has 1 saturated heterocycles. The third kappa shape index (κ3) is 4.86. The van der Waals surface area contributed by atoms with E-state index in [1.165, 1.54) is 0 Å². The number of amides is 1. The molecule has 0 aromatic carbocycles. The molecule has 0 unspecified atom stereocenters. The molecule has 8 heteroatoms. The van der Waals surface area contributed by atoms with Gasteiger partial charge in [0.05, 0.1) is 6.33 Å². The third-order valence-corrected chi connectivity index (χ3v) is 5.22. The Morgan fingerprint density at radius 3 is 2.57 bits per heavy atom. The fourth-order valence-electron chi connectivity index (χ4n) is 3.36. The van der Waals surface area contributed by atoms with Crippen molar-refractivity contribution >= 4 is 11.7 Å². The summed E-state index contributed by atoms with van der Waals surface area (Å²) >= 11 is 0. The lowest BCUT2D eigenvalue weighted by molar-refractivity contribution is 0.0771. The number of rotatable bonds is 7. The molecule has 0 radical (unpaired) electrons. The van der Waals surface area contributed by atoms with E-state index in [9.17, 15) is 4.79 Å². The number of imidazole rings is 1. The Hall–Kier alpha value is -2.48. The van der Waals surface area contributed by atoms with E-state index >= 15 is 0 Å². The summed E-state index contributed by atoms with van der Waals surface area (Å²) in [6, 6.07) is 2.07. The van der Waals surface area contributed by atoms with Crippen LogP contribution in [-0.4, -0.2) is 81.5 Å². The summed E-state index contributed by atoms with van der Waals surface area (Å²) in [7, 11) is 1.85. The second-order valence-electron chi connectivity index (χ2n) is 7.28. The van der Waals surface area contributed by atoms with Crippen molar-refractivity contribution in [2.45, 2.75) is 33.7 Å². The number of carbonyl (C=O) groups excluding carboxylic acids is 1. The normalized spacial score (nSPS) is 15.1. The van der Waals surface area contributed by atoms with Crippen LogP contribution in [0.2, 0.25) is 0 Å².